The summed E-state index contributed by atoms with van der Waals surface area (Å²) in [6.07, 6.45) is 1.46. The Morgan fingerprint density at radius 2 is 0.927 bits per heavy atom. The number of aliphatic hydroxyl groups is 2. The highest BCUT2D eigenvalue weighted by molar-refractivity contribution is 9.11. The smallest absolute Gasteiger partial charge is 0.489 e. The van der Waals surface area contributed by atoms with Gasteiger partial charge in [0.25, 0.3) is 23.6 Å². The maximum atomic E-state index is 13.8. The van der Waals surface area contributed by atoms with Gasteiger partial charge in [0.15, 0.2) is 17.4 Å². The second-order valence-corrected chi connectivity index (χ2v) is 29.3. The Labute approximate surface area is 726 Å². The van der Waals surface area contributed by atoms with Gasteiger partial charge in [0, 0.05) is 63.0 Å². The minimum atomic E-state index is -4.75. The Balaban J connectivity index is 0.000000160. The van der Waals surface area contributed by atoms with Crippen LogP contribution in [0.15, 0.2) is 275 Å². The van der Waals surface area contributed by atoms with Crippen molar-refractivity contribution in [3.63, 3.8) is 0 Å². The largest absolute Gasteiger partial charge is 0.573 e. The van der Waals surface area contributed by atoms with Crippen LogP contribution in [0.5, 0.6) is 23.0 Å². The number of carbonyl (C=O) groups excluding carboxylic acids is 4. The highest BCUT2D eigenvalue weighted by Crippen LogP contribution is 2.35. The van der Waals surface area contributed by atoms with Gasteiger partial charge in [-0.15, -0.1) is 26.3 Å². The molecular weight excluding hydrogens is 1810 g/mol. The lowest BCUT2D eigenvalue weighted by atomic mass is 9.95. The SMILES string of the molecule is O=C(O)c1cc(Br)ncc1F.O=C(c1cc(Br)ncc1F)N(CCO)Cc1ccccc1.O=C1c2cc(-c3ccc(OC(F)(F)F)cc3)ncc2OCCN1Cc1ccccc1.O=C1c2cc(Br)ncc2OCCN1Cc1ccccc1.O=C1c2cc([C@H]3C=CC(OC(F)(F)F)=CC3)ncc2OCCN1Cc1ccccc1.OCCNCc1ccccc1. The predicted molar refractivity (Wildman–Crippen MR) is 449 cm³/mol. The molecule has 15 rings (SSSR count). The van der Waals surface area contributed by atoms with E-state index in [1.54, 1.807) is 45.2 Å². The fourth-order valence-corrected chi connectivity index (χ4v) is 13.3. The van der Waals surface area contributed by atoms with Gasteiger partial charge in [-0.1, -0.05) is 158 Å². The summed E-state index contributed by atoms with van der Waals surface area (Å²) >= 11 is 9.34. The number of aromatic carboxylic acids is 1. The molecule has 4 amide bonds. The first kappa shape index (κ1) is 92.9. The number of aliphatic hydroxyl groups excluding tert-OH is 2. The van der Waals surface area contributed by atoms with Crippen LogP contribution in [-0.2, 0) is 37.5 Å². The third kappa shape index (κ3) is 29.2. The number of nitrogens with zero attached hydrogens (tertiary/aromatic N) is 9. The van der Waals surface area contributed by atoms with Crippen LogP contribution < -0.4 is 24.3 Å². The Hall–Kier alpha value is -12.3. The molecular formula is C89H79Br3F8N10O13. The molecule has 0 radical (unpaired) electrons. The van der Waals surface area contributed by atoms with Gasteiger partial charge in [0.2, 0.25) is 0 Å². The minimum Gasteiger partial charge on any atom is -0.489 e. The Kier molecular flexibility index (Phi) is 34.8. The van der Waals surface area contributed by atoms with Crippen LogP contribution in [0, 0.1) is 11.6 Å². The molecule has 1 atom stereocenters. The zero-order valence-corrected chi connectivity index (χ0v) is 70.0. The van der Waals surface area contributed by atoms with Crippen molar-refractivity contribution in [1.29, 1.82) is 0 Å². The molecule has 34 heteroatoms. The van der Waals surface area contributed by atoms with E-state index in [4.69, 9.17) is 29.5 Å². The monoisotopic (exact) mass is 1880 g/mol. The Morgan fingerprint density at radius 3 is 1.37 bits per heavy atom. The number of carbonyl (C=O) groups is 5. The number of carboxylic acids is 1. The molecule has 0 unspecified atom stereocenters. The molecule has 0 fully saturated rings. The van der Waals surface area contributed by atoms with Crippen LogP contribution in [0.25, 0.3) is 11.3 Å². The third-order valence-electron chi connectivity index (χ3n) is 18.1. The summed E-state index contributed by atoms with van der Waals surface area (Å²) in [5.41, 5.74) is 7.76. The summed E-state index contributed by atoms with van der Waals surface area (Å²) in [5.74, 6) is -3.14. The quantitative estimate of drug-likeness (QED) is 0.0313. The number of nitrogens with one attached hydrogen (secondary N) is 1. The number of rotatable bonds is 20. The number of hydrogen-bond donors (Lipinski definition) is 4. The molecule has 6 aromatic carbocycles. The van der Waals surface area contributed by atoms with E-state index < -0.39 is 36.2 Å². The summed E-state index contributed by atoms with van der Waals surface area (Å²) < 4.78 is 127. The van der Waals surface area contributed by atoms with E-state index in [-0.39, 0.29) is 72.5 Å². The fraction of sp³-hybridized carbons (Fsp3) is 0.213. The Morgan fingerprint density at radius 1 is 0.504 bits per heavy atom. The first-order valence-corrected chi connectivity index (χ1v) is 40.2. The molecule has 11 aromatic rings. The number of fused-ring (bicyclic) bond motifs is 3. The summed E-state index contributed by atoms with van der Waals surface area (Å²) in [7, 11) is 0. The topological polar surface area (TPSA) is 282 Å². The standard InChI is InChI=1S/C22H19F3N2O3.C22H17F3N2O3.C15H14BrFN2O2.C15H13BrN2O2.C9H13NO.C6H3BrFNO2/c2*23-22(24,25)30-17-8-6-16(7-9-17)19-12-18-20(13-26-19)29-11-10-27(21(18)28)14-15-4-2-1-3-5-15;16-14-8-12(13(17)9-18-14)15(21)19(6-7-20)10-11-4-2-1-3-5-11;16-14-8-12-13(9-17-14)20-7-6-18(15(12)19)10-11-4-2-1-3-5-11;11-7-6-10-8-9-4-2-1-3-5-9;7-5-1-3(6(10)11)4(8)2-9-5/h1-6,8-9,12-13,16H,7,10-11,14H2;1-9,12-13H,10-11,14H2;1-5,8-9,20H,6-7,10H2;1-5,8-9H,6-7,10H2;1-5,10-11H,6-8H2;1-2H,(H,10,11)/t16-;;;;;/m0...../s1. The van der Waals surface area contributed by atoms with Gasteiger partial charge in [-0.3, -0.25) is 29.1 Å². The maximum Gasteiger partial charge on any atom is 0.573 e. The zero-order valence-electron chi connectivity index (χ0n) is 65.2. The number of aromatic nitrogens is 5. The van der Waals surface area contributed by atoms with Gasteiger partial charge < -0.3 is 63.9 Å². The number of carboxylic acid groups (broad SMARTS) is 1. The van der Waals surface area contributed by atoms with Crippen molar-refractivity contribution in [3.05, 3.63) is 348 Å². The molecule has 0 bridgehead atoms. The zero-order chi connectivity index (χ0) is 87.8. The van der Waals surface area contributed by atoms with Crippen LogP contribution >= 0.6 is 47.8 Å². The highest BCUT2D eigenvalue weighted by Gasteiger charge is 2.34. The molecule has 0 saturated heterocycles. The second kappa shape index (κ2) is 46.1. The van der Waals surface area contributed by atoms with Gasteiger partial charge in [-0.25, -0.2) is 28.5 Å². The number of alkyl halides is 6. The minimum absolute atomic E-state index is 0.0237. The van der Waals surface area contributed by atoms with E-state index in [0.29, 0.717) is 137 Å². The van der Waals surface area contributed by atoms with E-state index in [1.165, 1.54) is 65.3 Å². The van der Waals surface area contributed by atoms with E-state index in [0.717, 1.165) is 47.3 Å². The average Bonchev–Trinajstić information content (AvgIpc) is 1.69. The Bertz CT molecular complexity index is 5400. The van der Waals surface area contributed by atoms with Crippen molar-refractivity contribution in [2.24, 2.45) is 0 Å². The number of allylic oxidation sites excluding steroid dienone is 3. The highest BCUT2D eigenvalue weighted by atomic mass is 79.9. The normalized spacial score (nSPS) is 13.9. The summed E-state index contributed by atoms with van der Waals surface area (Å²) in [5, 5.41) is 29.1. The molecule has 23 nitrogen and oxygen atoms in total. The molecule has 4 aliphatic rings. The number of pyridine rings is 5. The number of ether oxygens (including phenoxy) is 5. The van der Waals surface area contributed by atoms with E-state index in [1.807, 2.05) is 140 Å². The van der Waals surface area contributed by atoms with Crippen molar-refractivity contribution >= 4 is 77.4 Å². The van der Waals surface area contributed by atoms with Crippen molar-refractivity contribution in [2.75, 3.05) is 65.8 Å². The van der Waals surface area contributed by atoms with Crippen molar-refractivity contribution in [3.8, 4) is 34.3 Å². The van der Waals surface area contributed by atoms with Gasteiger partial charge in [0.1, 0.15) is 56.6 Å². The molecule has 3 aliphatic heterocycles. The van der Waals surface area contributed by atoms with Crippen molar-refractivity contribution in [2.45, 2.75) is 57.8 Å². The first-order chi connectivity index (χ1) is 59.2. The summed E-state index contributed by atoms with van der Waals surface area (Å²) in [6.45, 7) is 6.07. The van der Waals surface area contributed by atoms with Gasteiger partial charge >= 0.3 is 18.7 Å². The second-order valence-electron chi connectivity index (χ2n) is 26.9. The summed E-state index contributed by atoms with van der Waals surface area (Å²) in [6, 6.07) is 61.5. The third-order valence-corrected chi connectivity index (χ3v) is 19.5. The van der Waals surface area contributed by atoms with E-state index in [9.17, 15) is 59.1 Å². The summed E-state index contributed by atoms with van der Waals surface area (Å²) in [4.78, 5) is 88.2. The first-order valence-electron chi connectivity index (χ1n) is 37.9. The van der Waals surface area contributed by atoms with E-state index >= 15 is 0 Å². The number of hydrogen-bond acceptors (Lipinski definition) is 18. The van der Waals surface area contributed by atoms with Gasteiger partial charge in [-0.05, 0) is 149 Å². The van der Waals surface area contributed by atoms with Crippen LogP contribution in [-0.4, -0.2) is 168 Å². The van der Waals surface area contributed by atoms with E-state index in [2.05, 4.69) is 99.6 Å². The van der Waals surface area contributed by atoms with Crippen LogP contribution in [0.3, 0.4) is 0 Å². The van der Waals surface area contributed by atoms with Crippen molar-refractivity contribution < 1.29 is 98.1 Å². The fourth-order valence-electron chi connectivity index (χ4n) is 12.3. The predicted octanol–water partition coefficient (Wildman–Crippen LogP) is 17.2. The lowest BCUT2D eigenvalue weighted by Crippen LogP contribution is -2.33. The number of benzene rings is 6. The molecule has 1 aliphatic carbocycles. The lowest BCUT2D eigenvalue weighted by molar-refractivity contribution is -0.303. The molecule has 0 saturated carbocycles. The lowest BCUT2D eigenvalue weighted by Gasteiger charge is -2.22. The van der Waals surface area contributed by atoms with Crippen LogP contribution in [0.2, 0.25) is 0 Å². The van der Waals surface area contributed by atoms with Gasteiger partial charge in [0.05, 0.1) is 97.3 Å². The molecule has 640 valence electrons. The number of amides is 4. The van der Waals surface area contributed by atoms with Crippen LogP contribution in [0.1, 0.15) is 97.6 Å². The maximum absolute atomic E-state index is 13.8. The molecule has 4 N–H and O–H groups in total. The van der Waals surface area contributed by atoms with Crippen LogP contribution in [0.4, 0.5) is 35.1 Å². The molecule has 8 heterocycles. The molecule has 5 aromatic heterocycles. The molecule has 123 heavy (non-hydrogen) atoms. The average molecular weight is 1890 g/mol. The van der Waals surface area contributed by atoms with Gasteiger partial charge in [-0.2, -0.15) is 0 Å². The molecule has 0 spiro atoms. The number of halogens is 11. The van der Waals surface area contributed by atoms with Crippen molar-refractivity contribution in [1.82, 2.24) is 49.8 Å².